The Morgan fingerprint density at radius 1 is 1.04 bits per heavy atom. The first-order valence-electron chi connectivity index (χ1n) is 9.24. The fraction of sp³-hybridized carbons (Fsp3) is 0.286. The number of halogens is 2. The molecule has 0 radical (unpaired) electrons. The molecule has 5 rings (SSSR count). The maximum absolute atomic E-state index is 14.7. The van der Waals surface area contributed by atoms with Crippen molar-refractivity contribution in [3.63, 3.8) is 0 Å². The second-order valence-electron chi connectivity index (χ2n) is 7.37. The number of benzene rings is 2. The fourth-order valence-electron chi connectivity index (χ4n) is 4.63. The van der Waals surface area contributed by atoms with Crippen molar-refractivity contribution in [3.05, 3.63) is 66.1 Å². The zero-order valence-electron chi connectivity index (χ0n) is 14.8. The second-order valence-corrected chi connectivity index (χ2v) is 7.37. The highest BCUT2D eigenvalue weighted by Crippen LogP contribution is 2.47. The van der Waals surface area contributed by atoms with Crippen molar-refractivity contribution in [3.8, 4) is 11.3 Å². The molecule has 0 spiro atoms. The van der Waals surface area contributed by atoms with Crippen molar-refractivity contribution < 1.29 is 8.78 Å². The smallest absolute Gasteiger partial charge is 0.148 e. The summed E-state index contributed by atoms with van der Waals surface area (Å²) in [6.07, 6.45) is 5.32. The number of fused-ring (bicyclic) bond motifs is 3. The summed E-state index contributed by atoms with van der Waals surface area (Å²) in [6, 6.07) is 10.0. The minimum atomic E-state index is -0.289. The second kappa shape index (κ2) is 6.08. The van der Waals surface area contributed by atoms with Crippen molar-refractivity contribution in [1.29, 1.82) is 0 Å². The van der Waals surface area contributed by atoms with E-state index in [1.54, 1.807) is 30.7 Å². The number of nitrogen functional groups attached to an aromatic ring is 1. The van der Waals surface area contributed by atoms with Gasteiger partial charge in [0.2, 0.25) is 0 Å². The van der Waals surface area contributed by atoms with Crippen LogP contribution in [0, 0.1) is 17.6 Å². The summed E-state index contributed by atoms with van der Waals surface area (Å²) in [6.45, 7) is 1.46. The van der Waals surface area contributed by atoms with E-state index in [1.165, 1.54) is 12.1 Å². The Kier molecular flexibility index (Phi) is 3.67. The SMILES string of the molecule is Nc1ccc(N2CCC(C3c4c(F)cccc4-c4cncn43)CC2)c(F)c1. The molecule has 1 aromatic heterocycles. The van der Waals surface area contributed by atoms with E-state index in [4.69, 9.17) is 5.73 Å². The highest BCUT2D eigenvalue weighted by atomic mass is 19.1. The van der Waals surface area contributed by atoms with Gasteiger partial charge in [-0.3, -0.25) is 0 Å². The molecule has 1 unspecified atom stereocenters. The monoisotopic (exact) mass is 366 g/mol. The van der Waals surface area contributed by atoms with Gasteiger partial charge in [-0.1, -0.05) is 12.1 Å². The van der Waals surface area contributed by atoms with Gasteiger partial charge in [-0.2, -0.15) is 0 Å². The van der Waals surface area contributed by atoms with Crippen LogP contribution in [0.5, 0.6) is 0 Å². The van der Waals surface area contributed by atoms with Crippen molar-refractivity contribution in [2.24, 2.45) is 5.92 Å². The minimum Gasteiger partial charge on any atom is -0.399 e. The summed E-state index contributed by atoms with van der Waals surface area (Å²) in [5.41, 5.74) is 9.35. The number of rotatable bonds is 2. The third kappa shape index (κ3) is 2.51. The van der Waals surface area contributed by atoms with E-state index in [0.717, 1.165) is 42.8 Å². The maximum atomic E-state index is 14.7. The fourth-order valence-corrected chi connectivity index (χ4v) is 4.63. The van der Waals surface area contributed by atoms with E-state index in [-0.39, 0.29) is 23.6 Å². The third-order valence-corrected chi connectivity index (χ3v) is 5.89. The molecule has 2 aliphatic heterocycles. The molecule has 3 aromatic rings. The number of hydrogen-bond acceptors (Lipinski definition) is 3. The predicted molar refractivity (Wildman–Crippen MR) is 102 cm³/mol. The Morgan fingerprint density at radius 3 is 2.63 bits per heavy atom. The van der Waals surface area contributed by atoms with E-state index in [0.29, 0.717) is 11.4 Å². The first-order valence-corrected chi connectivity index (χ1v) is 9.24. The van der Waals surface area contributed by atoms with Crippen LogP contribution in [0.15, 0.2) is 48.9 Å². The average Bonchev–Trinajstić information content (AvgIpc) is 3.24. The van der Waals surface area contributed by atoms with Gasteiger partial charge in [0.1, 0.15) is 11.6 Å². The standard InChI is InChI=1S/C21H20F2N4/c22-16-3-1-2-15-19-11-25-12-27(19)21(20(15)16)13-6-8-26(9-7-13)18-5-4-14(24)10-17(18)23/h1-5,10-13,21H,6-9,24H2. The number of anilines is 2. The van der Waals surface area contributed by atoms with Crippen LogP contribution < -0.4 is 10.6 Å². The van der Waals surface area contributed by atoms with Crippen molar-refractivity contribution >= 4 is 11.4 Å². The van der Waals surface area contributed by atoms with Gasteiger partial charge in [0.15, 0.2) is 0 Å². The zero-order valence-corrected chi connectivity index (χ0v) is 14.8. The van der Waals surface area contributed by atoms with E-state index in [2.05, 4.69) is 14.5 Å². The van der Waals surface area contributed by atoms with Gasteiger partial charge in [0.25, 0.3) is 0 Å². The first kappa shape index (κ1) is 16.3. The Hall–Kier alpha value is -2.89. The number of nitrogens with zero attached hydrogens (tertiary/aromatic N) is 3. The molecule has 27 heavy (non-hydrogen) atoms. The lowest BCUT2D eigenvalue weighted by atomic mass is 9.85. The topological polar surface area (TPSA) is 47.1 Å². The van der Waals surface area contributed by atoms with Gasteiger partial charge in [0, 0.05) is 29.9 Å². The lowest BCUT2D eigenvalue weighted by Gasteiger charge is -2.37. The molecule has 2 N–H and O–H groups in total. The van der Waals surface area contributed by atoms with Crippen LogP contribution in [0.25, 0.3) is 11.3 Å². The summed E-state index contributed by atoms with van der Waals surface area (Å²) in [4.78, 5) is 6.32. The van der Waals surface area contributed by atoms with Gasteiger partial charge in [-0.05, 0) is 43.0 Å². The molecule has 0 amide bonds. The largest absolute Gasteiger partial charge is 0.399 e. The van der Waals surface area contributed by atoms with E-state index in [9.17, 15) is 8.78 Å². The van der Waals surface area contributed by atoms with Crippen LogP contribution in [-0.4, -0.2) is 22.6 Å². The Balaban J connectivity index is 1.42. The lowest BCUT2D eigenvalue weighted by Crippen LogP contribution is -2.37. The zero-order chi connectivity index (χ0) is 18.5. The van der Waals surface area contributed by atoms with Crippen molar-refractivity contribution in [2.45, 2.75) is 18.9 Å². The van der Waals surface area contributed by atoms with Crippen LogP contribution in [-0.2, 0) is 0 Å². The van der Waals surface area contributed by atoms with Crippen molar-refractivity contribution in [2.75, 3.05) is 23.7 Å². The molecule has 1 atom stereocenters. The number of imidazole rings is 1. The Labute approximate surface area is 156 Å². The first-order chi connectivity index (χ1) is 13.1. The van der Waals surface area contributed by atoms with E-state index >= 15 is 0 Å². The average molecular weight is 366 g/mol. The normalized spacial score (nSPS) is 19.2. The Morgan fingerprint density at radius 2 is 1.85 bits per heavy atom. The molecule has 2 aromatic carbocycles. The molecule has 1 fully saturated rings. The highest BCUT2D eigenvalue weighted by Gasteiger charge is 2.38. The van der Waals surface area contributed by atoms with Gasteiger partial charge in [-0.25, -0.2) is 13.8 Å². The molecule has 1 saturated heterocycles. The molecule has 0 aliphatic carbocycles. The number of piperidine rings is 1. The molecule has 4 nitrogen and oxygen atoms in total. The van der Waals surface area contributed by atoms with E-state index < -0.39 is 0 Å². The summed E-state index contributed by atoms with van der Waals surface area (Å²) in [5.74, 6) is -0.167. The number of hydrogen-bond donors (Lipinski definition) is 1. The summed E-state index contributed by atoms with van der Waals surface area (Å²) >= 11 is 0. The molecule has 0 bridgehead atoms. The minimum absolute atomic E-state index is 0.0443. The molecular weight excluding hydrogens is 346 g/mol. The summed E-state index contributed by atoms with van der Waals surface area (Å²) < 4.78 is 31.0. The maximum Gasteiger partial charge on any atom is 0.148 e. The van der Waals surface area contributed by atoms with E-state index in [1.807, 2.05) is 6.07 Å². The van der Waals surface area contributed by atoms with Crippen LogP contribution in [0.1, 0.15) is 24.4 Å². The van der Waals surface area contributed by atoms with Gasteiger partial charge < -0.3 is 15.2 Å². The van der Waals surface area contributed by atoms with Crippen LogP contribution >= 0.6 is 0 Å². The Bertz CT molecular complexity index is 1010. The molecule has 138 valence electrons. The number of aromatic nitrogens is 2. The van der Waals surface area contributed by atoms with Crippen LogP contribution in [0.3, 0.4) is 0 Å². The third-order valence-electron chi connectivity index (χ3n) is 5.89. The molecule has 0 saturated carbocycles. The van der Waals surface area contributed by atoms with Crippen LogP contribution in [0.4, 0.5) is 20.2 Å². The lowest BCUT2D eigenvalue weighted by molar-refractivity contribution is 0.311. The van der Waals surface area contributed by atoms with Gasteiger partial charge in [0.05, 0.1) is 29.9 Å². The summed E-state index contributed by atoms with van der Waals surface area (Å²) in [5, 5.41) is 0. The summed E-state index contributed by atoms with van der Waals surface area (Å²) in [7, 11) is 0. The van der Waals surface area contributed by atoms with Crippen LogP contribution in [0.2, 0.25) is 0 Å². The van der Waals surface area contributed by atoms with Gasteiger partial charge in [-0.15, -0.1) is 0 Å². The molecule has 3 heterocycles. The number of nitrogens with two attached hydrogens (primary N) is 1. The van der Waals surface area contributed by atoms with Gasteiger partial charge >= 0.3 is 0 Å². The highest BCUT2D eigenvalue weighted by molar-refractivity contribution is 5.69. The quantitative estimate of drug-likeness (QED) is 0.691. The molecule has 6 heteroatoms. The van der Waals surface area contributed by atoms with Crippen molar-refractivity contribution in [1.82, 2.24) is 9.55 Å². The molecular formula is C21H20F2N4. The molecule has 2 aliphatic rings. The predicted octanol–water partition coefficient (Wildman–Crippen LogP) is 4.23.